The molecular weight excluding hydrogens is 436 g/mol. The zero-order chi connectivity index (χ0) is 22.6. The second kappa shape index (κ2) is 9.97. The van der Waals surface area contributed by atoms with Gasteiger partial charge >= 0.3 is 6.09 Å². The maximum Gasteiger partial charge on any atom is 0.407 e. The van der Waals surface area contributed by atoms with Crippen molar-refractivity contribution >= 4 is 33.1 Å². The molecule has 31 heavy (non-hydrogen) atoms. The summed E-state index contributed by atoms with van der Waals surface area (Å²) in [6, 6.07) is 5.03. The fourth-order valence-corrected chi connectivity index (χ4v) is 6.22. The van der Waals surface area contributed by atoms with Crippen LogP contribution in [0.5, 0.6) is 0 Å². The van der Waals surface area contributed by atoms with Crippen molar-refractivity contribution in [3.8, 4) is 10.4 Å². The molecule has 1 aromatic carbocycles. The zero-order valence-electron chi connectivity index (χ0n) is 18.1. The van der Waals surface area contributed by atoms with E-state index in [9.17, 15) is 13.2 Å². The van der Waals surface area contributed by atoms with Gasteiger partial charge in [-0.3, -0.25) is 0 Å². The summed E-state index contributed by atoms with van der Waals surface area (Å²) in [4.78, 5) is 17.4. The minimum Gasteiger partial charge on any atom is -0.447 e. The summed E-state index contributed by atoms with van der Waals surface area (Å²) in [5.74, 6) is 0.292. The Morgan fingerprint density at radius 2 is 2.00 bits per heavy atom. The summed E-state index contributed by atoms with van der Waals surface area (Å²) >= 11 is 1.51. The van der Waals surface area contributed by atoms with Gasteiger partial charge in [0.2, 0.25) is 10.0 Å². The molecule has 8 nitrogen and oxygen atoms in total. The molecule has 10 heteroatoms. The molecule has 2 aromatic rings. The topological polar surface area (TPSA) is 123 Å². The lowest BCUT2D eigenvalue weighted by Gasteiger charge is -2.28. The quantitative estimate of drug-likeness (QED) is 0.533. The molecular formula is C21H30N4O4S2. The van der Waals surface area contributed by atoms with Gasteiger partial charge in [-0.15, -0.1) is 11.3 Å². The molecule has 0 saturated heterocycles. The molecule has 0 aliphatic heterocycles. The van der Waals surface area contributed by atoms with Crippen LogP contribution in [0.2, 0.25) is 0 Å². The molecule has 0 atom stereocenters. The second-order valence-corrected chi connectivity index (χ2v) is 10.8. The van der Waals surface area contributed by atoms with E-state index in [2.05, 4.69) is 15.0 Å². The minimum absolute atomic E-state index is 0.107. The van der Waals surface area contributed by atoms with Crippen molar-refractivity contribution in [2.24, 2.45) is 0 Å². The third-order valence-electron chi connectivity index (χ3n) is 5.16. The summed E-state index contributed by atoms with van der Waals surface area (Å²) in [5, 5.41) is 3.92. The Kier molecular flexibility index (Phi) is 7.55. The number of benzene rings is 1. The van der Waals surface area contributed by atoms with Gasteiger partial charge in [-0.2, -0.15) is 0 Å². The Labute approximate surface area is 187 Å². The molecule has 0 bridgehead atoms. The number of nitrogens with two attached hydrogens (primary N) is 1. The SMILES string of the molecule is CCNS(=O)(=O)c1cc(N)ccc1-c1cnc(C2CCC(NC(=O)OC(C)C)CC2)s1. The number of hydrogen-bond acceptors (Lipinski definition) is 7. The van der Waals surface area contributed by atoms with E-state index in [0.717, 1.165) is 35.6 Å². The highest BCUT2D eigenvalue weighted by atomic mass is 32.2. The van der Waals surface area contributed by atoms with E-state index in [1.165, 1.54) is 17.4 Å². The van der Waals surface area contributed by atoms with Gasteiger partial charge in [0.05, 0.1) is 20.9 Å². The molecule has 1 aliphatic rings. The van der Waals surface area contributed by atoms with Gasteiger partial charge in [-0.05, 0) is 51.7 Å². The van der Waals surface area contributed by atoms with E-state index in [4.69, 9.17) is 10.5 Å². The van der Waals surface area contributed by atoms with Crippen molar-refractivity contribution in [3.05, 3.63) is 29.4 Å². The van der Waals surface area contributed by atoms with Crippen molar-refractivity contribution in [2.45, 2.75) is 69.4 Å². The number of nitrogen functional groups attached to an aromatic ring is 1. The van der Waals surface area contributed by atoms with Gasteiger partial charge in [0.25, 0.3) is 0 Å². The maximum atomic E-state index is 12.7. The number of rotatable bonds is 7. The lowest BCUT2D eigenvalue weighted by atomic mass is 9.86. The van der Waals surface area contributed by atoms with Gasteiger partial charge in [-0.25, -0.2) is 22.9 Å². The van der Waals surface area contributed by atoms with Crippen LogP contribution >= 0.6 is 11.3 Å². The number of carbonyl (C=O) groups excluding carboxylic acids is 1. The van der Waals surface area contributed by atoms with Crippen LogP contribution in [-0.2, 0) is 14.8 Å². The molecule has 1 saturated carbocycles. The minimum atomic E-state index is -3.66. The fourth-order valence-electron chi connectivity index (χ4n) is 3.73. The largest absolute Gasteiger partial charge is 0.447 e. The Morgan fingerprint density at radius 1 is 1.29 bits per heavy atom. The monoisotopic (exact) mass is 466 g/mol. The summed E-state index contributed by atoms with van der Waals surface area (Å²) in [5.41, 5.74) is 6.85. The number of sulfonamides is 1. The Hall–Kier alpha value is -2.17. The van der Waals surface area contributed by atoms with E-state index < -0.39 is 10.0 Å². The Bertz CT molecular complexity index is 1010. The first-order chi connectivity index (χ1) is 14.7. The van der Waals surface area contributed by atoms with Gasteiger partial charge in [0, 0.05) is 36.0 Å². The number of nitrogens with zero attached hydrogens (tertiary/aromatic N) is 1. The molecule has 3 rings (SSSR count). The first-order valence-corrected chi connectivity index (χ1v) is 12.8. The first-order valence-electron chi connectivity index (χ1n) is 10.5. The molecule has 1 aromatic heterocycles. The summed E-state index contributed by atoms with van der Waals surface area (Å²) in [6.45, 7) is 5.69. The highest BCUT2D eigenvalue weighted by Gasteiger charge is 2.27. The molecule has 1 aliphatic carbocycles. The summed E-state index contributed by atoms with van der Waals surface area (Å²) in [6.07, 6.45) is 4.75. The molecule has 1 fully saturated rings. The third kappa shape index (κ3) is 5.96. The predicted molar refractivity (Wildman–Crippen MR) is 123 cm³/mol. The Balaban J connectivity index is 1.72. The number of hydrogen-bond donors (Lipinski definition) is 3. The van der Waals surface area contributed by atoms with Crippen molar-refractivity contribution < 1.29 is 17.9 Å². The van der Waals surface area contributed by atoms with E-state index in [0.29, 0.717) is 23.7 Å². The predicted octanol–water partition coefficient (Wildman–Crippen LogP) is 3.85. The molecule has 0 unspecified atom stereocenters. The first kappa shape index (κ1) is 23.5. The number of anilines is 1. The number of amides is 1. The zero-order valence-corrected chi connectivity index (χ0v) is 19.7. The van der Waals surface area contributed by atoms with Crippen LogP contribution in [0.25, 0.3) is 10.4 Å². The van der Waals surface area contributed by atoms with Crippen molar-refractivity contribution in [3.63, 3.8) is 0 Å². The van der Waals surface area contributed by atoms with Crippen LogP contribution in [0.4, 0.5) is 10.5 Å². The van der Waals surface area contributed by atoms with Gasteiger partial charge in [-0.1, -0.05) is 13.0 Å². The summed E-state index contributed by atoms with van der Waals surface area (Å²) in [7, 11) is -3.66. The van der Waals surface area contributed by atoms with Crippen LogP contribution in [0.3, 0.4) is 0 Å². The van der Waals surface area contributed by atoms with Crippen molar-refractivity contribution in [1.29, 1.82) is 0 Å². The van der Waals surface area contributed by atoms with Crippen molar-refractivity contribution in [1.82, 2.24) is 15.0 Å². The normalized spacial score (nSPS) is 19.4. The van der Waals surface area contributed by atoms with Gasteiger partial charge < -0.3 is 15.8 Å². The van der Waals surface area contributed by atoms with Crippen LogP contribution in [0.1, 0.15) is 57.4 Å². The molecule has 4 N–H and O–H groups in total. The lowest BCUT2D eigenvalue weighted by molar-refractivity contribution is 0.109. The third-order valence-corrected chi connectivity index (χ3v) is 7.94. The number of aromatic nitrogens is 1. The van der Waals surface area contributed by atoms with Crippen LogP contribution in [-0.4, -0.2) is 38.2 Å². The molecule has 0 radical (unpaired) electrons. The number of carbonyl (C=O) groups is 1. The van der Waals surface area contributed by atoms with Crippen LogP contribution in [0.15, 0.2) is 29.3 Å². The number of nitrogens with one attached hydrogen (secondary N) is 2. The fraction of sp³-hybridized carbons (Fsp3) is 0.524. The van der Waals surface area contributed by atoms with E-state index in [1.807, 2.05) is 13.8 Å². The summed E-state index contributed by atoms with van der Waals surface area (Å²) < 4.78 is 33.0. The molecule has 170 valence electrons. The lowest BCUT2D eigenvalue weighted by Crippen LogP contribution is -2.38. The average Bonchev–Trinajstić information content (AvgIpc) is 3.18. The highest BCUT2D eigenvalue weighted by Crippen LogP contribution is 2.39. The van der Waals surface area contributed by atoms with E-state index in [1.54, 1.807) is 25.3 Å². The number of ether oxygens (including phenoxy) is 1. The molecule has 1 heterocycles. The number of thiazole rings is 1. The second-order valence-electron chi connectivity index (χ2n) is 7.97. The smallest absolute Gasteiger partial charge is 0.407 e. The molecule has 0 spiro atoms. The highest BCUT2D eigenvalue weighted by molar-refractivity contribution is 7.89. The maximum absolute atomic E-state index is 12.7. The van der Waals surface area contributed by atoms with Crippen molar-refractivity contribution in [2.75, 3.05) is 12.3 Å². The van der Waals surface area contributed by atoms with Gasteiger partial charge in [0.1, 0.15) is 0 Å². The van der Waals surface area contributed by atoms with Gasteiger partial charge in [0.15, 0.2) is 0 Å². The average molecular weight is 467 g/mol. The van der Waals surface area contributed by atoms with Crippen LogP contribution in [0, 0.1) is 0 Å². The Morgan fingerprint density at radius 3 is 2.65 bits per heavy atom. The van der Waals surface area contributed by atoms with E-state index >= 15 is 0 Å². The molecule has 1 amide bonds. The standard InChI is InChI=1S/C21H30N4O4S2/c1-4-24-31(27,28)19-11-15(22)7-10-17(19)18-12-23-20(30-18)14-5-8-16(9-6-14)25-21(26)29-13(2)3/h7,10-14,16,24H,4-6,8-9,22H2,1-3H3,(H,25,26). The van der Waals surface area contributed by atoms with Crippen LogP contribution < -0.4 is 15.8 Å². The number of alkyl carbamates (subject to hydrolysis) is 1. The van der Waals surface area contributed by atoms with E-state index in [-0.39, 0.29) is 23.1 Å².